The van der Waals surface area contributed by atoms with Gasteiger partial charge in [0.05, 0.1) is 10.5 Å². The zero-order chi connectivity index (χ0) is 17.4. The standard InChI is InChI=1S/C17H16N2O5/c20-16(18-10-9-13-5-2-1-3-6-13)12-24-17(21)14-7-4-8-15(11-14)19(22)23/h1-8,11H,9-10,12H2,(H,18,20). The summed E-state index contributed by atoms with van der Waals surface area (Å²) in [7, 11) is 0. The SMILES string of the molecule is O=C(COC(=O)c1cccc([N+](=O)[O-])c1)NCCc1ccccc1. The van der Waals surface area contributed by atoms with Crippen molar-refractivity contribution in [3.05, 3.63) is 75.8 Å². The van der Waals surface area contributed by atoms with Crippen molar-refractivity contribution >= 4 is 17.6 Å². The number of amides is 1. The van der Waals surface area contributed by atoms with E-state index in [0.29, 0.717) is 13.0 Å². The van der Waals surface area contributed by atoms with E-state index in [2.05, 4.69) is 5.32 Å². The van der Waals surface area contributed by atoms with Crippen LogP contribution in [0.3, 0.4) is 0 Å². The van der Waals surface area contributed by atoms with Gasteiger partial charge in [-0.1, -0.05) is 36.4 Å². The largest absolute Gasteiger partial charge is 0.452 e. The van der Waals surface area contributed by atoms with E-state index >= 15 is 0 Å². The zero-order valence-corrected chi connectivity index (χ0v) is 12.8. The highest BCUT2D eigenvalue weighted by molar-refractivity contribution is 5.91. The molecule has 2 rings (SSSR count). The van der Waals surface area contributed by atoms with Gasteiger partial charge in [-0.15, -0.1) is 0 Å². The third kappa shape index (κ3) is 5.20. The lowest BCUT2D eigenvalue weighted by Crippen LogP contribution is -2.30. The molecule has 0 heterocycles. The molecule has 0 aliphatic carbocycles. The first-order valence-corrected chi connectivity index (χ1v) is 7.28. The molecule has 0 radical (unpaired) electrons. The van der Waals surface area contributed by atoms with Crippen molar-refractivity contribution in [1.82, 2.24) is 5.32 Å². The Bertz CT molecular complexity index is 731. The first-order valence-electron chi connectivity index (χ1n) is 7.28. The lowest BCUT2D eigenvalue weighted by molar-refractivity contribution is -0.384. The van der Waals surface area contributed by atoms with Gasteiger partial charge in [0.2, 0.25) is 0 Å². The first-order chi connectivity index (χ1) is 11.6. The van der Waals surface area contributed by atoms with Gasteiger partial charge in [0, 0.05) is 18.7 Å². The summed E-state index contributed by atoms with van der Waals surface area (Å²) in [6.07, 6.45) is 0.672. The Labute approximate surface area is 138 Å². The van der Waals surface area contributed by atoms with Gasteiger partial charge in [-0.05, 0) is 18.1 Å². The number of nitro benzene ring substituents is 1. The number of ether oxygens (including phenoxy) is 1. The fourth-order valence-corrected chi connectivity index (χ4v) is 2.00. The van der Waals surface area contributed by atoms with Crippen LogP contribution >= 0.6 is 0 Å². The number of non-ortho nitro benzene ring substituents is 1. The summed E-state index contributed by atoms with van der Waals surface area (Å²) in [6.45, 7) is -0.00643. The molecule has 0 bridgehead atoms. The molecule has 1 amide bonds. The lowest BCUT2D eigenvalue weighted by Gasteiger charge is -2.07. The second kappa shape index (κ2) is 8.42. The van der Waals surface area contributed by atoms with Crippen LogP contribution in [0, 0.1) is 10.1 Å². The van der Waals surface area contributed by atoms with Crippen LogP contribution in [0.2, 0.25) is 0 Å². The summed E-state index contributed by atoms with van der Waals surface area (Å²) in [6, 6.07) is 14.8. The highest BCUT2D eigenvalue weighted by atomic mass is 16.6. The van der Waals surface area contributed by atoms with E-state index in [-0.39, 0.29) is 11.3 Å². The van der Waals surface area contributed by atoms with Crippen LogP contribution in [0.5, 0.6) is 0 Å². The second-order valence-electron chi connectivity index (χ2n) is 4.97. The predicted octanol–water partition coefficient (Wildman–Crippen LogP) is 2.11. The Morgan fingerprint density at radius 1 is 1.08 bits per heavy atom. The van der Waals surface area contributed by atoms with Gasteiger partial charge in [-0.2, -0.15) is 0 Å². The molecule has 0 atom stereocenters. The van der Waals surface area contributed by atoms with Crippen LogP contribution in [0.4, 0.5) is 5.69 Å². The molecule has 0 aliphatic rings. The maximum atomic E-state index is 11.8. The number of hydrogen-bond acceptors (Lipinski definition) is 5. The molecule has 7 nitrogen and oxygen atoms in total. The third-order valence-corrected chi connectivity index (χ3v) is 3.21. The van der Waals surface area contributed by atoms with Crippen LogP contribution in [0.15, 0.2) is 54.6 Å². The van der Waals surface area contributed by atoms with Crippen molar-refractivity contribution in [2.75, 3.05) is 13.2 Å². The van der Waals surface area contributed by atoms with E-state index in [4.69, 9.17) is 4.74 Å². The van der Waals surface area contributed by atoms with Crippen LogP contribution < -0.4 is 5.32 Å². The number of esters is 1. The molecule has 1 N–H and O–H groups in total. The van der Waals surface area contributed by atoms with Crippen molar-refractivity contribution in [3.8, 4) is 0 Å². The topological polar surface area (TPSA) is 98.5 Å². The Morgan fingerprint density at radius 3 is 2.54 bits per heavy atom. The minimum absolute atomic E-state index is 0.0290. The van der Waals surface area contributed by atoms with Gasteiger partial charge >= 0.3 is 5.97 Å². The van der Waals surface area contributed by atoms with Crippen LogP contribution in [0.1, 0.15) is 15.9 Å². The van der Waals surface area contributed by atoms with Crippen LogP contribution in [-0.2, 0) is 16.0 Å². The number of nitrogens with one attached hydrogen (secondary N) is 1. The molecule has 0 saturated carbocycles. The number of nitro groups is 1. The molecule has 2 aromatic carbocycles. The van der Waals surface area contributed by atoms with E-state index in [1.165, 1.54) is 18.2 Å². The number of carbonyl (C=O) groups is 2. The number of rotatable bonds is 7. The normalized spacial score (nSPS) is 10.0. The van der Waals surface area contributed by atoms with E-state index < -0.39 is 23.4 Å². The summed E-state index contributed by atoms with van der Waals surface area (Å²) in [5, 5.41) is 13.3. The maximum Gasteiger partial charge on any atom is 0.338 e. The van der Waals surface area contributed by atoms with Gasteiger partial charge < -0.3 is 10.1 Å². The fourth-order valence-electron chi connectivity index (χ4n) is 2.00. The summed E-state index contributed by atoms with van der Waals surface area (Å²) >= 11 is 0. The van der Waals surface area contributed by atoms with Crippen molar-refractivity contribution in [2.45, 2.75) is 6.42 Å². The molecule has 0 unspecified atom stereocenters. The molecular formula is C17H16N2O5. The quantitative estimate of drug-likeness (QED) is 0.477. The minimum atomic E-state index is -0.781. The van der Waals surface area contributed by atoms with Crippen molar-refractivity contribution < 1.29 is 19.2 Å². The maximum absolute atomic E-state index is 11.8. The second-order valence-corrected chi connectivity index (χ2v) is 4.97. The molecule has 2 aromatic rings. The molecule has 24 heavy (non-hydrogen) atoms. The van der Waals surface area contributed by atoms with E-state index in [0.717, 1.165) is 11.6 Å². The van der Waals surface area contributed by atoms with E-state index in [1.54, 1.807) is 0 Å². The summed E-state index contributed by atoms with van der Waals surface area (Å²) in [5.41, 5.74) is 0.907. The first kappa shape index (κ1) is 17.1. The molecular weight excluding hydrogens is 312 g/mol. The van der Waals surface area contributed by atoms with Crippen molar-refractivity contribution in [2.24, 2.45) is 0 Å². The Balaban J connectivity index is 1.76. The molecule has 0 saturated heterocycles. The smallest absolute Gasteiger partial charge is 0.338 e. The zero-order valence-electron chi connectivity index (χ0n) is 12.8. The van der Waals surface area contributed by atoms with Crippen molar-refractivity contribution in [1.29, 1.82) is 0 Å². The van der Waals surface area contributed by atoms with Crippen molar-refractivity contribution in [3.63, 3.8) is 0 Å². The van der Waals surface area contributed by atoms with Gasteiger partial charge in [0.25, 0.3) is 11.6 Å². The van der Waals surface area contributed by atoms with Gasteiger partial charge in [-0.3, -0.25) is 14.9 Å². The third-order valence-electron chi connectivity index (χ3n) is 3.21. The Morgan fingerprint density at radius 2 is 1.83 bits per heavy atom. The van der Waals surface area contributed by atoms with Gasteiger partial charge in [0.1, 0.15) is 0 Å². The average molecular weight is 328 g/mol. The van der Waals surface area contributed by atoms with Gasteiger partial charge in [0.15, 0.2) is 6.61 Å². The number of hydrogen-bond donors (Lipinski definition) is 1. The molecule has 124 valence electrons. The molecule has 0 aliphatic heterocycles. The molecule has 0 spiro atoms. The molecule has 0 fully saturated rings. The highest BCUT2D eigenvalue weighted by Crippen LogP contribution is 2.13. The van der Waals surface area contributed by atoms with E-state index in [9.17, 15) is 19.7 Å². The monoisotopic (exact) mass is 328 g/mol. The summed E-state index contributed by atoms with van der Waals surface area (Å²) < 4.78 is 4.85. The van der Waals surface area contributed by atoms with Gasteiger partial charge in [-0.25, -0.2) is 4.79 Å². The highest BCUT2D eigenvalue weighted by Gasteiger charge is 2.13. The Hall–Kier alpha value is -3.22. The number of carbonyl (C=O) groups excluding carboxylic acids is 2. The molecule has 0 aromatic heterocycles. The number of nitrogens with zero attached hydrogens (tertiary/aromatic N) is 1. The lowest BCUT2D eigenvalue weighted by atomic mass is 10.1. The summed E-state index contributed by atoms with van der Waals surface area (Å²) in [5.74, 6) is -1.21. The van der Waals surface area contributed by atoms with E-state index in [1.807, 2.05) is 30.3 Å². The fraction of sp³-hybridized carbons (Fsp3) is 0.176. The minimum Gasteiger partial charge on any atom is -0.452 e. The predicted molar refractivity (Wildman–Crippen MR) is 86.5 cm³/mol. The molecule has 7 heteroatoms. The summed E-state index contributed by atoms with van der Waals surface area (Å²) in [4.78, 5) is 33.5. The Kier molecular flexibility index (Phi) is 6.01. The average Bonchev–Trinajstić information content (AvgIpc) is 2.60. The van der Waals surface area contributed by atoms with Crippen LogP contribution in [0.25, 0.3) is 0 Å². The number of benzene rings is 2. The van der Waals surface area contributed by atoms with Crippen LogP contribution in [-0.4, -0.2) is 30.0 Å².